The molecular formula is C13H22N4O2. The van der Waals surface area contributed by atoms with E-state index in [1.807, 2.05) is 13.8 Å². The molecule has 1 saturated heterocycles. The first kappa shape index (κ1) is 14.0. The Hall–Kier alpha value is -1.43. The molecule has 1 fully saturated rings. The van der Waals surface area contributed by atoms with Crippen molar-refractivity contribution in [2.45, 2.75) is 39.7 Å². The van der Waals surface area contributed by atoms with Gasteiger partial charge in [0.2, 0.25) is 11.8 Å². The van der Waals surface area contributed by atoms with Crippen LogP contribution in [0.15, 0.2) is 4.52 Å². The number of nitrogens with zero attached hydrogens (tertiary/aromatic N) is 3. The van der Waals surface area contributed by atoms with Crippen molar-refractivity contribution in [1.29, 1.82) is 0 Å². The number of nitrogens with one attached hydrogen (secondary N) is 1. The van der Waals surface area contributed by atoms with Crippen LogP contribution in [-0.2, 0) is 4.79 Å². The number of carbonyl (C=O) groups is 1. The molecule has 2 heterocycles. The van der Waals surface area contributed by atoms with Gasteiger partial charge in [-0.05, 0) is 46.7 Å². The maximum atomic E-state index is 11.8. The monoisotopic (exact) mass is 266 g/mol. The average molecular weight is 266 g/mol. The van der Waals surface area contributed by atoms with Gasteiger partial charge in [-0.3, -0.25) is 9.69 Å². The molecule has 1 unspecified atom stereocenters. The molecule has 0 radical (unpaired) electrons. The van der Waals surface area contributed by atoms with E-state index in [1.54, 1.807) is 0 Å². The maximum absolute atomic E-state index is 11.8. The standard InChI is InChI=1S/C13H22N4O2/c1-4-14-12(18)11-5-7-17(8-6-11)9(2)13-15-10(3)16-19-13/h9,11H,4-8H2,1-3H3,(H,14,18). The number of likely N-dealkylation sites (tertiary alicyclic amines) is 1. The van der Waals surface area contributed by atoms with Crippen molar-refractivity contribution in [3.8, 4) is 0 Å². The summed E-state index contributed by atoms with van der Waals surface area (Å²) >= 11 is 0. The van der Waals surface area contributed by atoms with Gasteiger partial charge in [0.05, 0.1) is 6.04 Å². The Morgan fingerprint density at radius 2 is 2.21 bits per heavy atom. The van der Waals surface area contributed by atoms with Crippen LogP contribution in [0.1, 0.15) is 44.4 Å². The van der Waals surface area contributed by atoms with Crippen molar-refractivity contribution in [2.75, 3.05) is 19.6 Å². The Morgan fingerprint density at radius 3 is 2.74 bits per heavy atom. The summed E-state index contributed by atoms with van der Waals surface area (Å²) in [6, 6.07) is 0.122. The summed E-state index contributed by atoms with van der Waals surface area (Å²) in [7, 11) is 0. The van der Waals surface area contributed by atoms with Gasteiger partial charge in [-0.25, -0.2) is 0 Å². The van der Waals surface area contributed by atoms with Crippen LogP contribution >= 0.6 is 0 Å². The molecule has 1 aromatic heterocycles. The van der Waals surface area contributed by atoms with E-state index < -0.39 is 0 Å². The number of amides is 1. The lowest BCUT2D eigenvalue weighted by Gasteiger charge is -2.33. The summed E-state index contributed by atoms with van der Waals surface area (Å²) in [6.07, 6.45) is 1.78. The summed E-state index contributed by atoms with van der Waals surface area (Å²) in [4.78, 5) is 18.3. The van der Waals surface area contributed by atoms with Crippen molar-refractivity contribution in [1.82, 2.24) is 20.4 Å². The lowest BCUT2D eigenvalue weighted by atomic mass is 9.95. The Labute approximate surface area is 113 Å². The molecule has 1 N–H and O–H groups in total. The molecule has 0 aromatic carbocycles. The largest absolute Gasteiger partial charge is 0.356 e. The minimum absolute atomic E-state index is 0.122. The highest BCUT2D eigenvalue weighted by Crippen LogP contribution is 2.25. The Balaban J connectivity index is 1.87. The molecule has 1 aliphatic rings. The van der Waals surface area contributed by atoms with Crippen LogP contribution < -0.4 is 5.32 Å². The third-order valence-corrected chi connectivity index (χ3v) is 3.70. The number of rotatable bonds is 4. The van der Waals surface area contributed by atoms with Gasteiger partial charge in [0.1, 0.15) is 0 Å². The van der Waals surface area contributed by atoms with Crippen LogP contribution in [0.3, 0.4) is 0 Å². The topological polar surface area (TPSA) is 71.3 Å². The zero-order valence-corrected chi connectivity index (χ0v) is 11.8. The number of hydrogen-bond acceptors (Lipinski definition) is 5. The van der Waals surface area contributed by atoms with Gasteiger partial charge >= 0.3 is 0 Å². The van der Waals surface area contributed by atoms with Gasteiger partial charge in [-0.15, -0.1) is 0 Å². The fourth-order valence-electron chi connectivity index (χ4n) is 2.51. The lowest BCUT2D eigenvalue weighted by molar-refractivity contribution is -0.126. The minimum atomic E-state index is 0.122. The molecule has 2 rings (SSSR count). The predicted octanol–water partition coefficient (Wildman–Crippen LogP) is 1.29. The molecule has 0 saturated carbocycles. The molecule has 19 heavy (non-hydrogen) atoms. The fourth-order valence-corrected chi connectivity index (χ4v) is 2.51. The fraction of sp³-hybridized carbons (Fsp3) is 0.769. The summed E-state index contributed by atoms with van der Waals surface area (Å²) in [5, 5.41) is 6.72. The highest BCUT2D eigenvalue weighted by Gasteiger charge is 2.29. The van der Waals surface area contributed by atoms with Crippen LogP contribution in [0.5, 0.6) is 0 Å². The third-order valence-electron chi connectivity index (χ3n) is 3.70. The number of piperidine rings is 1. The van der Waals surface area contributed by atoms with E-state index in [9.17, 15) is 4.79 Å². The molecule has 1 amide bonds. The molecule has 106 valence electrons. The van der Waals surface area contributed by atoms with Gasteiger partial charge in [0.25, 0.3) is 0 Å². The average Bonchev–Trinajstić information content (AvgIpc) is 2.85. The van der Waals surface area contributed by atoms with Crippen LogP contribution in [-0.4, -0.2) is 40.6 Å². The molecular weight excluding hydrogens is 244 g/mol. The Bertz CT molecular complexity index is 424. The Kier molecular flexibility index (Phi) is 4.52. The van der Waals surface area contributed by atoms with Gasteiger partial charge in [0, 0.05) is 12.5 Å². The van der Waals surface area contributed by atoms with Crippen molar-refractivity contribution < 1.29 is 9.32 Å². The first-order valence-electron chi connectivity index (χ1n) is 6.93. The van der Waals surface area contributed by atoms with E-state index in [0.29, 0.717) is 18.3 Å². The lowest BCUT2D eigenvalue weighted by Crippen LogP contribution is -2.41. The number of carbonyl (C=O) groups excluding carboxylic acids is 1. The molecule has 1 atom stereocenters. The maximum Gasteiger partial charge on any atom is 0.243 e. The summed E-state index contributed by atoms with van der Waals surface area (Å²) in [5.74, 6) is 1.66. The van der Waals surface area contributed by atoms with E-state index in [2.05, 4.69) is 27.3 Å². The van der Waals surface area contributed by atoms with Crippen LogP contribution in [0.4, 0.5) is 0 Å². The second-order valence-electron chi connectivity index (χ2n) is 5.06. The van der Waals surface area contributed by atoms with E-state index in [1.165, 1.54) is 0 Å². The van der Waals surface area contributed by atoms with E-state index in [4.69, 9.17) is 4.52 Å². The molecule has 1 aliphatic heterocycles. The van der Waals surface area contributed by atoms with Gasteiger partial charge < -0.3 is 9.84 Å². The molecule has 0 spiro atoms. The highest BCUT2D eigenvalue weighted by atomic mass is 16.5. The Morgan fingerprint density at radius 1 is 1.53 bits per heavy atom. The summed E-state index contributed by atoms with van der Waals surface area (Å²) < 4.78 is 5.21. The van der Waals surface area contributed by atoms with Crippen molar-refractivity contribution in [3.05, 3.63) is 11.7 Å². The molecule has 0 bridgehead atoms. The SMILES string of the molecule is CCNC(=O)C1CCN(C(C)c2nc(C)no2)CC1. The van der Waals surface area contributed by atoms with Gasteiger partial charge in [-0.2, -0.15) is 4.98 Å². The first-order chi connectivity index (χ1) is 9.11. The van der Waals surface area contributed by atoms with E-state index in [-0.39, 0.29) is 17.9 Å². The van der Waals surface area contributed by atoms with Gasteiger partial charge in [0.15, 0.2) is 5.82 Å². The highest BCUT2D eigenvalue weighted by molar-refractivity contribution is 5.78. The van der Waals surface area contributed by atoms with E-state index >= 15 is 0 Å². The molecule has 0 aliphatic carbocycles. The third kappa shape index (κ3) is 3.32. The second-order valence-corrected chi connectivity index (χ2v) is 5.06. The molecule has 1 aromatic rings. The smallest absolute Gasteiger partial charge is 0.243 e. The van der Waals surface area contributed by atoms with Crippen LogP contribution in [0, 0.1) is 12.8 Å². The molecule has 6 heteroatoms. The zero-order chi connectivity index (χ0) is 13.8. The van der Waals surface area contributed by atoms with E-state index in [0.717, 1.165) is 25.9 Å². The quantitative estimate of drug-likeness (QED) is 0.889. The predicted molar refractivity (Wildman–Crippen MR) is 70.4 cm³/mol. The summed E-state index contributed by atoms with van der Waals surface area (Å²) in [6.45, 7) is 8.33. The van der Waals surface area contributed by atoms with Gasteiger partial charge in [-0.1, -0.05) is 5.16 Å². The minimum Gasteiger partial charge on any atom is -0.356 e. The van der Waals surface area contributed by atoms with Crippen LogP contribution in [0.2, 0.25) is 0 Å². The first-order valence-corrected chi connectivity index (χ1v) is 6.93. The zero-order valence-electron chi connectivity index (χ0n) is 11.8. The van der Waals surface area contributed by atoms with Crippen LogP contribution in [0.25, 0.3) is 0 Å². The summed E-state index contributed by atoms with van der Waals surface area (Å²) in [5.41, 5.74) is 0. The number of aromatic nitrogens is 2. The number of aryl methyl sites for hydroxylation is 1. The normalized spacial score (nSPS) is 19.3. The van der Waals surface area contributed by atoms with Crippen molar-refractivity contribution in [2.24, 2.45) is 5.92 Å². The molecule has 6 nitrogen and oxygen atoms in total. The number of hydrogen-bond donors (Lipinski definition) is 1. The second kappa shape index (κ2) is 6.14. The van der Waals surface area contributed by atoms with Crippen molar-refractivity contribution in [3.63, 3.8) is 0 Å². The van der Waals surface area contributed by atoms with Crippen molar-refractivity contribution >= 4 is 5.91 Å².